The predicted molar refractivity (Wildman–Crippen MR) is 92.2 cm³/mol. The smallest absolute Gasteiger partial charge is 0.272 e. The van der Waals surface area contributed by atoms with E-state index in [1.165, 1.54) is 18.3 Å². The number of carbonyl (C=O) groups excluding carboxylic acids is 1. The number of hydrogen-bond donors (Lipinski definition) is 2. The molecular formula is C17H13N5O3. The molecule has 0 atom stereocenters. The van der Waals surface area contributed by atoms with Gasteiger partial charge in [0.25, 0.3) is 11.6 Å². The number of nitro benzene ring substituents is 1. The average Bonchev–Trinajstić information content (AvgIpc) is 3.13. The molecule has 0 fully saturated rings. The quantitative estimate of drug-likeness (QED) is 0.424. The molecular weight excluding hydrogens is 322 g/mol. The summed E-state index contributed by atoms with van der Waals surface area (Å²) in [5.41, 5.74) is 4.60. The maximum atomic E-state index is 12.1. The van der Waals surface area contributed by atoms with Crippen molar-refractivity contribution in [3.8, 4) is 11.3 Å². The summed E-state index contributed by atoms with van der Waals surface area (Å²) in [6, 6.07) is 17.0. The van der Waals surface area contributed by atoms with E-state index >= 15 is 0 Å². The van der Waals surface area contributed by atoms with E-state index in [4.69, 9.17) is 0 Å². The summed E-state index contributed by atoms with van der Waals surface area (Å²) in [4.78, 5) is 22.3. The molecule has 0 saturated heterocycles. The Kier molecular flexibility index (Phi) is 4.61. The Hall–Kier alpha value is -3.81. The average molecular weight is 335 g/mol. The van der Waals surface area contributed by atoms with Gasteiger partial charge in [0.1, 0.15) is 5.69 Å². The highest BCUT2D eigenvalue weighted by atomic mass is 16.6. The number of aromatic nitrogens is 2. The third-order valence-electron chi connectivity index (χ3n) is 3.35. The standard InChI is InChI=1S/C17H13N5O3/c23-17(16-10-15(19-20-16)13-6-2-1-3-7-13)21-18-11-12-5-4-8-14(9-12)22(24)25/h1-11H,(H,19,20)(H,21,23). The molecule has 8 heteroatoms. The first kappa shape index (κ1) is 16.1. The molecule has 3 rings (SSSR count). The first-order chi connectivity index (χ1) is 12.1. The summed E-state index contributed by atoms with van der Waals surface area (Å²) in [6.45, 7) is 0. The van der Waals surface area contributed by atoms with Crippen LogP contribution < -0.4 is 5.43 Å². The number of rotatable bonds is 5. The fraction of sp³-hybridized carbons (Fsp3) is 0. The number of aromatic amines is 1. The largest absolute Gasteiger partial charge is 0.289 e. The van der Waals surface area contributed by atoms with Gasteiger partial charge in [0.15, 0.2) is 0 Å². The Morgan fingerprint density at radius 3 is 2.72 bits per heavy atom. The molecule has 0 aliphatic carbocycles. The highest BCUT2D eigenvalue weighted by molar-refractivity contribution is 5.94. The predicted octanol–water partition coefficient (Wildman–Crippen LogP) is 2.75. The molecule has 2 N–H and O–H groups in total. The molecule has 25 heavy (non-hydrogen) atoms. The molecule has 0 spiro atoms. The fourth-order valence-electron chi connectivity index (χ4n) is 2.14. The van der Waals surface area contributed by atoms with Crippen LogP contribution in [0.15, 0.2) is 65.8 Å². The zero-order valence-corrected chi connectivity index (χ0v) is 12.9. The Labute approximate surface area is 142 Å². The molecule has 2 aromatic carbocycles. The van der Waals surface area contributed by atoms with Crippen LogP contribution >= 0.6 is 0 Å². The van der Waals surface area contributed by atoms with E-state index in [-0.39, 0.29) is 11.4 Å². The minimum Gasteiger partial charge on any atom is -0.272 e. The van der Waals surface area contributed by atoms with Crippen molar-refractivity contribution in [2.45, 2.75) is 0 Å². The topological polar surface area (TPSA) is 113 Å². The lowest BCUT2D eigenvalue weighted by Crippen LogP contribution is -2.18. The molecule has 3 aromatic rings. The number of nitrogens with zero attached hydrogens (tertiary/aromatic N) is 3. The second-order valence-corrected chi connectivity index (χ2v) is 5.08. The molecule has 1 amide bonds. The lowest BCUT2D eigenvalue weighted by Gasteiger charge is -1.96. The Balaban J connectivity index is 1.66. The van der Waals surface area contributed by atoms with E-state index in [0.717, 1.165) is 5.56 Å². The van der Waals surface area contributed by atoms with E-state index in [2.05, 4.69) is 20.7 Å². The van der Waals surface area contributed by atoms with Crippen molar-refractivity contribution in [3.05, 3.63) is 82.0 Å². The van der Waals surface area contributed by atoms with Gasteiger partial charge in [0.05, 0.1) is 16.8 Å². The first-order valence-electron chi connectivity index (χ1n) is 7.32. The van der Waals surface area contributed by atoms with Crippen LogP contribution in [-0.4, -0.2) is 27.2 Å². The van der Waals surface area contributed by atoms with E-state index in [1.807, 2.05) is 30.3 Å². The lowest BCUT2D eigenvalue weighted by atomic mass is 10.1. The van der Waals surface area contributed by atoms with Gasteiger partial charge in [0, 0.05) is 23.3 Å². The van der Waals surface area contributed by atoms with Crippen LogP contribution in [0.25, 0.3) is 11.3 Å². The van der Waals surface area contributed by atoms with Gasteiger partial charge in [-0.05, 0) is 6.07 Å². The third-order valence-corrected chi connectivity index (χ3v) is 3.35. The number of non-ortho nitro benzene ring substituents is 1. The minimum absolute atomic E-state index is 0.0450. The van der Waals surface area contributed by atoms with Crippen LogP contribution in [0.5, 0.6) is 0 Å². The molecule has 124 valence electrons. The highest BCUT2D eigenvalue weighted by Crippen LogP contribution is 2.16. The van der Waals surface area contributed by atoms with Crippen LogP contribution in [0.1, 0.15) is 16.1 Å². The number of H-pyrrole nitrogens is 1. The Morgan fingerprint density at radius 1 is 1.16 bits per heavy atom. The minimum atomic E-state index is -0.494. The van der Waals surface area contributed by atoms with E-state index in [0.29, 0.717) is 11.3 Å². The van der Waals surface area contributed by atoms with Gasteiger partial charge >= 0.3 is 0 Å². The number of hydrazone groups is 1. The van der Waals surface area contributed by atoms with Gasteiger partial charge in [-0.1, -0.05) is 42.5 Å². The van der Waals surface area contributed by atoms with Crippen LogP contribution in [0.2, 0.25) is 0 Å². The fourth-order valence-corrected chi connectivity index (χ4v) is 2.14. The number of amides is 1. The number of benzene rings is 2. The number of nitrogens with one attached hydrogen (secondary N) is 2. The van der Waals surface area contributed by atoms with E-state index in [1.54, 1.807) is 18.2 Å². The van der Waals surface area contributed by atoms with Gasteiger partial charge in [-0.2, -0.15) is 10.2 Å². The van der Waals surface area contributed by atoms with Crippen molar-refractivity contribution in [2.75, 3.05) is 0 Å². The molecule has 0 unspecified atom stereocenters. The normalized spacial score (nSPS) is 10.7. The number of carbonyl (C=O) groups is 1. The maximum absolute atomic E-state index is 12.1. The first-order valence-corrected chi connectivity index (χ1v) is 7.32. The van der Waals surface area contributed by atoms with Crippen molar-refractivity contribution >= 4 is 17.8 Å². The van der Waals surface area contributed by atoms with Gasteiger partial charge in [0.2, 0.25) is 0 Å². The van der Waals surface area contributed by atoms with E-state index < -0.39 is 10.8 Å². The van der Waals surface area contributed by atoms with Crippen LogP contribution in [-0.2, 0) is 0 Å². The molecule has 0 bridgehead atoms. The summed E-state index contributed by atoms with van der Waals surface area (Å²) in [7, 11) is 0. The van der Waals surface area contributed by atoms with Crippen molar-refractivity contribution in [1.29, 1.82) is 0 Å². The van der Waals surface area contributed by atoms with Crippen LogP contribution in [0.4, 0.5) is 5.69 Å². The second-order valence-electron chi connectivity index (χ2n) is 5.08. The van der Waals surface area contributed by atoms with Crippen molar-refractivity contribution in [1.82, 2.24) is 15.6 Å². The maximum Gasteiger partial charge on any atom is 0.289 e. The van der Waals surface area contributed by atoms with Gasteiger partial charge in [-0.15, -0.1) is 0 Å². The molecule has 1 aromatic heterocycles. The van der Waals surface area contributed by atoms with Gasteiger partial charge < -0.3 is 0 Å². The highest BCUT2D eigenvalue weighted by Gasteiger charge is 2.10. The molecule has 0 radical (unpaired) electrons. The zero-order valence-electron chi connectivity index (χ0n) is 12.9. The molecule has 0 aliphatic heterocycles. The Morgan fingerprint density at radius 2 is 1.96 bits per heavy atom. The summed E-state index contributed by atoms with van der Waals surface area (Å²) in [5.74, 6) is -0.462. The SMILES string of the molecule is O=C(NN=Cc1cccc([N+](=O)[O-])c1)c1cc(-c2ccccc2)n[nH]1. The lowest BCUT2D eigenvalue weighted by molar-refractivity contribution is -0.384. The second kappa shape index (κ2) is 7.18. The monoisotopic (exact) mass is 335 g/mol. The summed E-state index contributed by atoms with van der Waals surface area (Å²) >= 11 is 0. The molecule has 0 aliphatic rings. The van der Waals surface area contributed by atoms with Crippen molar-refractivity contribution < 1.29 is 9.72 Å². The number of hydrogen-bond acceptors (Lipinski definition) is 5. The molecule has 8 nitrogen and oxygen atoms in total. The summed E-state index contributed by atoms with van der Waals surface area (Å²) in [5, 5.41) is 21.3. The molecule has 1 heterocycles. The zero-order chi connectivity index (χ0) is 17.6. The van der Waals surface area contributed by atoms with Crippen molar-refractivity contribution in [2.24, 2.45) is 5.10 Å². The van der Waals surface area contributed by atoms with E-state index in [9.17, 15) is 14.9 Å². The molecule has 0 saturated carbocycles. The number of nitro groups is 1. The van der Waals surface area contributed by atoms with Crippen LogP contribution in [0, 0.1) is 10.1 Å². The summed E-state index contributed by atoms with van der Waals surface area (Å²) in [6.07, 6.45) is 1.33. The van der Waals surface area contributed by atoms with Gasteiger partial charge in [-0.3, -0.25) is 20.0 Å². The van der Waals surface area contributed by atoms with Crippen molar-refractivity contribution in [3.63, 3.8) is 0 Å². The Bertz CT molecular complexity index is 934. The van der Waals surface area contributed by atoms with Crippen LogP contribution in [0.3, 0.4) is 0 Å². The third kappa shape index (κ3) is 3.94. The van der Waals surface area contributed by atoms with Gasteiger partial charge in [-0.25, -0.2) is 5.43 Å². The summed E-state index contributed by atoms with van der Waals surface area (Å²) < 4.78 is 0.